The standard InChI is InChI=1S/C17H18ClN5O5S/c1-11-21-16(9-23(11)2)29(26,27)20-6-5-17(25)28-10-15(24)22-13-4-3-12(8-19)14(18)7-13/h3-4,7,9,20H,5-6,10H2,1-2H3,(H,22,24). The first-order valence-electron chi connectivity index (χ1n) is 8.27. The summed E-state index contributed by atoms with van der Waals surface area (Å²) in [4.78, 5) is 27.4. The van der Waals surface area contributed by atoms with Crippen LogP contribution in [0.25, 0.3) is 0 Å². The van der Waals surface area contributed by atoms with Crippen molar-refractivity contribution in [1.82, 2.24) is 14.3 Å². The number of anilines is 1. The number of benzene rings is 1. The molecule has 2 aromatic rings. The van der Waals surface area contributed by atoms with E-state index in [1.807, 2.05) is 6.07 Å². The molecular weight excluding hydrogens is 422 g/mol. The molecule has 1 aromatic carbocycles. The highest BCUT2D eigenvalue weighted by Crippen LogP contribution is 2.20. The van der Waals surface area contributed by atoms with E-state index in [1.165, 1.54) is 24.4 Å². The molecule has 0 unspecified atom stereocenters. The summed E-state index contributed by atoms with van der Waals surface area (Å²) in [5.74, 6) is -0.832. The molecule has 29 heavy (non-hydrogen) atoms. The minimum Gasteiger partial charge on any atom is -0.456 e. The van der Waals surface area contributed by atoms with Crippen molar-refractivity contribution < 1.29 is 22.7 Å². The number of amides is 1. The average Bonchev–Trinajstić information content (AvgIpc) is 3.00. The Morgan fingerprint density at radius 1 is 1.38 bits per heavy atom. The minimum atomic E-state index is -3.84. The van der Waals surface area contributed by atoms with Crippen molar-refractivity contribution >= 4 is 39.2 Å². The van der Waals surface area contributed by atoms with Crippen LogP contribution in [0.1, 0.15) is 17.8 Å². The Morgan fingerprint density at radius 2 is 2.10 bits per heavy atom. The largest absolute Gasteiger partial charge is 0.456 e. The maximum absolute atomic E-state index is 12.1. The van der Waals surface area contributed by atoms with Gasteiger partial charge in [-0.05, 0) is 25.1 Å². The molecule has 12 heteroatoms. The van der Waals surface area contributed by atoms with E-state index in [0.717, 1.165) is 0 Å². The number of esters is 1. The van der Waals surface area contributed by atoms with Crippen LogP contribution in [0.4, 0.5) is 5.69 Å². The van der Waals surface area contributed by atoms with Crippen LogP contribution in [-0.2, 0) is 31.4 Å². The highest BCUT2D eigenvalue weighted by Gasteiger charge is 2.18. The highest BCUT2D eigenvalue weighted by molar-refractivity contribution is 7.89. The molecule has 0 fully saturated rings. The van der Waals surface area contributed by atoms with Gasteiger partial charge in [-0.1, -0.05) is 11.6 Å². The van der Waals surface area contributed by atoms with Crippen LogP contribution in [0.2, 0.25) is 5.02 Å². The summed E-state index contributed by atoms with van der Waals surface area (Å²) in [5.41, 5.74) is 0.605. The third kappa shape index (κ3) is 6.28. The molecule has 0 aliphatic carbocycles. The average molecular weight is 440 g/mol. The molecule has 2 N–H and O–H groups in total. The van der Waals surface area contributed by atoms with Gasteiger partial charge in [-0.15, -0.1) is 0 Å². The summed E-state index contributed by atoms with van der Waals surface area (Å²) in [6, 6.07) is 6.22. The van der Waals surface area contributed by atoms with Gasteiger partial charge in [0.15, 0.2) is 11.6 Å². The zero-order valence-electron chi connectivity index (χ0n) is 15.6. The van der Waals surface area contributed by atoms with Gasteiger partial charge in [0.1, 0.15) is 11.9 Å². The molecule has 1 amide bonds. The number of nitriles is 1. The zero-order chi connectivity index (χ0) is 21.6. The number of sulfonamides is 1. The molecule has 10 nitrogen and oxygen atoms in total. The van der Waals surface area contributed by atoms with E-state index in [-0.39, 0.29) is 28.6 Å². The van der Waals surface area contributed by atoms with E-state index in [0.29, 0.717) is 11.5 Å². The van der Waals surface area contributed by atoms with Crippen LogP contribution in [0.3, 0.4) is 0 Å². The van der Waals surface area contributed by atoms with Gasteiger partial charge in [-0.25, -0.2) is 18.1 Å². The molecule has 0 atom stereocenters. The third-order valence-electron chi connectivity index (χ3n) is 3.72. The number of aromatic nitrogens is 2. The number of imidazole rings is 1. The van der Waals surface area contributed by atoms with Crippen LogP contribution in [0.5, 0.6) is 0 Å². The van der Waals surface area contributed by atoms with Crippen LogP contribution >= 0.6 is 11.6 Å². The predicted molar refractivity (Wildman–Crippen MR) is 104 cm³/mol. The van der Waals surface area contributed by atoms with Crippen LogP contribution in [-0.4, -0.2) is 43.0 Å². The molecule has 0 aliphatic rings. The molecule has 154 valence electrons. The lowest BCUT2D eigenvalue weighted by molar-refractivity contribution is -0.147. The normalized spacial score (nSPS) is 11.0. The molecule has 0 radical (unpaired) electrons. The van der Waals surface area contributed by atoms with Crippen LogP contribution < -0.4 is 10.0 Å². The highest BCUT2D eigenvalue weighted by atomic mass is 35.5. The van der Waals surface area contributed by atoms with E-state index in [9.17, 15) is 18.0 Å². The number of nitrogens with zero attached hydrogens (tertiary/aromatic N) is 3. The lowest BCUT2D eigenvalue weighted by atomic mass is 10.2. The minimum absolute atomic E-state index is 0.147. The summed E-state index contributed by atoms with van der Waals surface area (Å²) in [5, 5.41) is 11.3. The molecule has 1 heterocycles. The fourth-order valence-corrected chi connectivity index (χ4v) is 3.41. The Bertz CT molecular complexity index is 1050. The first-order valence-corrected chi connectivity index (χ1v) is 10.1. The first-order chi connectivity index (χ1) is 13.6. The predicted octanol–water partition coefficient (Wildman–Crippen LogP) is 1.10. The number of hydrogen-bond acceptors (Lipinski definition) is 7. The van der Waals surface area contributed by atoms with Gasteiger partial charge < -0.3 is 14.6 Å². The smallest absolute Gasteiger partial charge is 0.307 e. The third-order valence-corrected chi connectivity index (χ3v) is 5.36. The number of ether oxygens (including phenoxy) is 1. The molecule has 0 saturated carbocycles. The Hall–Kier alpha value is -2.94. The Balaban J connectivity index is 1.76. The second-order valence-corrected chi connectivity index (χ2v) is 8.02. The van der Waals surface area contributed by atoms with Gasteiger partial charge in [-0.2, -0.15) is 5.26 Å². The van der Waals surface area contributed by atoms with Crippen molar-refractivity contribution in [1.29, 1.82) is 5.26 Å². The number of aryl methyl sites for hydroxylation is 2. The van der Waals surface area contributed by atoms with Gasteiger partial charge in [0.25, 0.3) is 15.9 Å². The molecule has 0 spiro atoms. The van der Waals surface area contributed by atoms with Gasteiger partial charge in [-0.3, -0.25) is 9.59 Å². The molecule has 0 saturated heterocycles. The molecule has 0 aliphatic heterocycles. The number of nitrogens with one attached hydrogen (secondary N) is 2. The van der Waals surface area contributed by atoms with Crippen molar-refractivity contribution in [2.75, 3.05) is 18.5 Å². The van der Waals surface area contributed by atoms with Gasteiger partial charge >= 0.3 is 5.97 Å². The molecule has 2 rings (SSSR count). The summed E-state index contributed by atoms with van der Waals surface area (Å²) in [6.45, 7) is 0.902. The second kappa shape index (κ2) is 9.51. The van der Waals surface area contributed by atoms with Crippen molar-refractivity contribution in [3.8, 4) is 6.07 Å². The SMILES string of the molecule is Cc1nc(S(=O)(=O)NCCC(=O)OCC(=O)Nc2ccc(C#N)c(Cl)c2)cn1C. The monoisotopic (exact) mass is 439 g/mol. The number of rotatable bonds is 8. The van der Waals surface area contributed by atoms with Crippen LogP contribution in [0, 0.1) is 18.3 Å². The summed E-state index contributed by atoms with van der Waals surface area (Å²) in [7, 11) is -2.18. The zero-order valence-corrected chi connectivity index (χ0v) is 17.2. The number of carbonyl (C=O) groups excluding carboxylic acids is 2. The lowest BCUT2D eigenvalue weighted by Crippen LogP contribution is -2.28. The Kier molecular flexibility index (Phi) is 7.33. The van der Waals surface area contributed by atoms with Crippen molar-refractivity contribution in [2.45, 2.75) is 18.4 Å². The molecular formula is C17H18ClN5O5S. The van der Waals surface area contributed by atoms with Crippen molar-refractivity contribution in [2.24, 2.45) is 7.05 Å². The van der Waals surface area contributed by atoms with Gasteiger partial charge in [0, 0.05) is 25.5 Å². The maximum Gasteiger partial charge on any atom is 0.307 e. The van der Waals surface area contributed by atoms with E-state index >= 15 is 0 Å². The number of halogens is 1. The Labute approximate surface area is 172 Å². The van der Waals surface area contributed by atoms with E-state index in [2.05, 4.69) is 15.0 Å². The first kappa shape index (κ1) is 22.4. The van der Waals surface area contributed by atoms with Crippen molar-refractivity contribution in [3.05, 3.63) is 40.8 Å². The number of hydrogen-bond donors (Lipinski definition) is 2. The summed E-state index contributed by atoms with van der Waals surface area (Å²) >= 11 is 5.87. The van der Waals surface area contributed by atoms with E-state index in [1.54, 1.807) is 18.5 Å². The maximum atomic E-state index is 12.1. The van der Waals surface area contributed by atoms with Crippen LogP contribution in [0.15, 0.2) is 29.4 Å². The van der Waals surface area contributed by atoms with Crippen molar-refractivity contribution in [3.63, 3.8) is 0 Å². The van der Waals surface area contributed by atoms with Gasteiger partial charge in [0.05, 0.1) is 17.0 Å². The van der Waals surface area contributed by atoms with E-state index < -0.39 is 28.5 Å². The summed E-state index contributed by atoms with van der Waals surface area (Å²) < 4.78 is 32.8. The van der Waals surface area contributed by atoms with Gasteiger partial charge in [0.2, 0.25) is 0 Å². The summed E-state index contributed by atoms with van der Waals surface area (Å²) in [6.07, 6.45) is 1.09. The Morgan fingerprint density at radius 3 is 2.69 bits per heavy atom. The second-order valence-electron chi connectivity index (χ2n) is 5.90. The molecule has 1 aromatic heterocycles. The van der Waals surface area contributed by atoms with E-state index in [4.69, 9.17) is 21.6 Å². The quantitative estimate of drug-likeness (QED) is 0.586. The lowest BCUT2D eigenvalue weighted by Gasteiger charge is -2.08. The fraction of sp³-hybridized carbons (Fsp3) is 0.294. The topological polar surface area (TPSA) is 143 Å². The number of carbonyl (C=O) groups is 2. The fourth-order valence-electron chi connectivity index (χ4n) is 2.12. The molecule has 0 bridgehead atoms.